The highest BCUT2D eigenvalue weighted by Crippen LogP contribution is 2.20. The first-order chi connectivity index (χ1) is 13.8. The van der Waals surface area contributed by atoms with Crippen LogP contribution in [0.5, 0.6) is 0 Å². The summed E-state index contributed by atoms with van der Waals surface area (Å²) in [6.07, 6.45) is 3.60. The van der Waals surface area contributed by atoms with Crippen LogP contribution in [-0.2, 0) is 11.3 Å². The lowest BCUT2D eigenvalue weighted by Gasteiger charge is -2.35. The molecule has 0 saturated carbocycles. The van der Waals surface area contributed by atoms with E-state index in [0.29, 0.717) is 12.5 Å². The Bertz CT molecular complexity index is 879. The second-order valence-electron chi connectivity index (χ2n) is 8.19. The minimum atomic E-state index is 0.0758. The number of hydrogen-bond donors (Lipinski definition) is 0. The molecule has 1 fully saturated rings. The summed E-state index contributed by atoms with van der Waals surface area (Å²) < 4.78 is 1.95. The number of aryl methyl sites for hydroxylation is 1. The van der Waals surface area contributed by atoms with Gasteiger partial charge >= 0.3 is 0 Å². The molecular formula is C23H31ClN4O. The molecule has 0 aliphatic carbocycles. The van der Waals surface area contributed by atoms with Crippen LogP contribution >= 0.6 is 11.6 Å². The summed E-state index contributed by atoms with van der Waals surface area (Å²) in [4.78, 5) is 17.0. The number of benzene rings is 1. The van der Waals surface area contributed by atoms with Gasteiger partial charge in [-0.15, -0.1) is 0 Å². The van der Waals surface area contributed by atoms with E-state index in [1.165, 1.54) is 0 Å². The molecule has 0 unspecified atom stereocenters. The van der Waals surface area contributed by atoms with E-state index in [4.69, 9.17) is 11.6 Å². The highest BCUT2D eigenvalue weighted by Gasteiger charge is 2.20. The summed E-state index contributed by atoms with van der Waals surface area (Å²) >= 11 is 6.29. The standard InChI is InChI=1S/C23H31ClN4O/c1-17(2)15-26-11-13-27(14-12-26)23(29)10-9-21-18(3)25-28(19(21)4)16-20-7-5-6-8-22(20)24/h5-10,17H,11-16H2,1-4H3/b10-9+. The molecule has 2 aromatic rings. The minimum Gasteiger partial charge on any atom is -0.337 e. The molecule has 0 spiro atoms. The Hall–Kier alpha value is -2.11. The molecule has 3 rings (SSSR count). The van der Waals surface area contributed by atoms with Gasteiger partial charge in [-0.2, -0.15) is 5.10 Å². The summed E-state index contributed by atoms with van der Waals surface area (Å²) in [5.41, 5.74) is 3.99. The number of amides is 1. The van der Waals surface area contributed by atoms with Crippen molar-refractivity contribution in [3.05, 3.63) is 57.9 Å². The van der Waals surface area contributed by atoms with E-state index in [1.54, 1.807) is 6.08 Å². The molecule has 2 heterocycles. The molecule has 5 nitrogen and oxygen atoms in total. The first-order valence-corrected chi connectivity index (χ1v) is 10.7. The zero-order valence-electron chi connectivity index (χ0n) is 17.9. The molecule has 1 aromatic heterocycles. The van der Waals surface area contributed by atoms with Crippen molar-refractivity contribution >= 4 is 23.6 Å². The maximum Gasteiger partial charge on any atom is 0.246 e. The zero-order chi connectivity index (χ0) is 21.0. The molecule has 0 atom stereocenters. The smallest absolute Gasteiger partial charge is 0.246 e. The van der Waals surface area contributed by atoms with E-state index in [-0.39, 0.29) is 5.91 Å². The Labute approximate surface area is 178 Å². The molecule has 0 bridgehead atoms. The highest BCUT2D eigenvalue weighted by atomic mass is 35.5. The number of rotatable bonds is 6. The van der Waals surface area contributed by atoms with Gasteiger partial charge in [-0.1, -0.05) is 43.6 Å². The van der Waals surface area contributed by atoms with Crippen molar-refractivity contribution in [2.75, 3.05) is 32.7 Å². The van der Waals surface area contributed by atoms with Gasteiger partial charge in [0.2, 0.25) is 5.91 Å². The van der Waals surface area contributed by atoms with Crippen molar-refractivity contribution in [3.63, 3.8) is 0 Å². The fraction of sp³-hybridized carbons (Fsp3) is 0.478. The molecular weight excluding hydrogens is 384 g/mol. The fourth-order valence-corrected chi connectivity index (χ4v) is 4.02. The topological polar surface area (TPSA) is 41.4 Å². The third-order valence-corrected chi connectivity index (χ3v) is 5.78. The molecule has 1 aliphatic heterocycles. The van der Waals surface area contributed by atoms with E-state index >= 15 is 0 Å². The van der Waals surface area contributed by atoms with Gasteiger partial charge in [-0.3, -0.25) is 14.4 Å². The van der Waals surface area contributed by atoms with Crippen molar-refractivity contribution in [1.29, 1.82) is 0 Å². The predicted octanol–water partition coefficient (Wildman–Crippen LogP) is 4.02. The van der Waals surface area contributed by atoms with Crippen molar-refractivity contribution in [3.8, 4) is 0 Å². The normalized spacial score (nSPS) is 15.6. The van der Waals surface area contributed by atoms with Crippen LogP contribution in [0, 0.1) is 19.8 Å². The molecule has 1 aromatic carbocycles. The Balaban J connectivity index is 1.64. The molecule has 156 valence electrons. The lowest BCUT2D eigenvalue weighted by atomic mass is 10.1. The van der Waals surface area contributed by atoms with E-state index in [0.717, 1.165) is 60.3 Å². The first kappa shape index (κ1) is 21.6. The molecule has 0 radical (unpaired) electrons. The van der Waals surface area contributed by atoms with Gasteiger partial charge in [0.25, 0.3) is 0 Å². The summed E-state index contributed by atoms with van der Waals surface area (Å²) in [6, 6.07) is 7.81. The lowest BCUT2D eigenvalue weighted by molar-refractivity contribution is -0.127. The zero-order valence-corrected chi connectivity index (χ0v) is 18.6. The van der Waals surface area contributed by atoms with Crippen molar-refractivity contribution in [2.45, 2.75) is 34.2 Å². The lowest BCUT2D eigenvalue weighted by Crippen LogP contribution is -2.49. The van der Waals surface area contributed by atoms with Crippen LogP contribution in [0.1, 0.15) is 36.4 Å². The maximum atomic E-state index is 12.6. The van der Waals surface area contributed by atoms with Gasteiger partial charge < -0.3 is 4.90 Å². The second kappa shape index (κ2) is 9.59. The molecule has 1 aliphatic rings. The fourth-order valence-electron chi connectivity index (χ4n) is 3.82. The Kier molecular flexibility index (Phi) is 7.14. The van der Waals surface area contributed by atoms with Gasteiger partial charge in [0.05, 0.1) is 12.2 Å². The number of carbonyl (C=O) groups is 1. The number of halogens is 1. The summed E-state index contributed by atoms with van der Waals surface area (Å²) in [5.74, 6) is 0.734. The molecule has 1 saturated heterocycles. The van der Waals surface area contributed by atoms with Crippen LogP contribution in [0.3, 0.4) is 0 Å². The third-order valence-electron chi connectivity index (χ3n) is 5.42. The van der Waals surface area contributed by atoms with Gasteiger partial charge in [0.1, 0.15) is 0 Å². The Morgan fingerprint density at radius 2 is 1.86 bits per heavy atom. The average molecular weight is 415 g/mol. The van der Waals surface area contributed by atoms with Crippen molar-refractivity contribution in [2.24, 2.45) is 5.92 Å². The summed E-state index contributed by atoms with van der Waals surface area (Å²) in [7, 11) is 0. The van der Waals surface area contributed by atoms with Crippen molar-refractivity contribution < 1.29 is 4.79 Å². The van der Waals surface area contributed by atoms with Gasteiger partial charge in [-0.05, 0) is 37.5 Å². The quantitative estimate of drug-likeness (QED) is 0.670. The average Bonchev–Trinajstić information content (AvgIpc) is 2.95. The van der Waals surface area contributed by atoms with Crippen molar-refractivity contribution in [1.82, 2.24) is 19.6 Å². The first-order valence-electron chi connectivity index (χ1n) is 10.3. The van der Waals surface area contributed by atoms with Crippen LogP contribution in [-0.4, -0.2) is 58.2 Å². The molecule has 6 heteroatoms. The summed E-state index contributed by atoms with van der Waals surface area (Å²) in [6.45, 7) is 13.7. The van der Waals surface area contributed by atoms with Gasteiger partial charge in [0, 0.05) is 55.1 Å². The monoisotopic (exact) mass is 414 g/mol. The Morgan fingerprint density at radius 3 is 2.52 bits per heavy atom. The minimum absolute atomic E-state index is 0.0758. The predicted molar refractivity (Wildman–Crippen MR) is 119 cm³/mol. The van der Waals surface area contributed by atoms with Crippen LogP contribution in [0.15, 0.2) is 30.3 Å². The summed E-state index contributed by atoms with van der Waals surface area (Å²) in [5, 5.41) is 5.39. The van der Waals surface area contributed by atoms with Crippen LogP contribution in [0.25, 0.3) is 6.08 Å². The van der Waals surface area contributed by atoms with Gasteiger partial charge in [-0.25, -0.2) is 0 Å². The largest absolute Gasteiger partial charge is 0.337 e. The highest BCUT2D eigenvalue weighted by molar-refractivity contribution is 6.31. The molecule has 1 amide bonds. The Morgan fingerprint density at radius 1 is 1.17 bits per heavy atom. The van der Waals surface area contributed by atoms with E-state index in [1.807, 2.05) is 53.8 Å². The number of hydrogen-bond acceptors (Lipinski definition) is 3. The van der Waals surface area contributed by atoms with Crippen LogP contribution < -0.4 is 0 Å². The number of carbonyl (C=O) groups excluding carboxylic acids is 1. The number of piperazine rings is 1. The third kappa shape index (κ3) is 5.49. The molecule has 0 N–H and O–H groups in total. The van der Waals surface area contributed by atoms with E-state index < -0.39 is 0 Å². The second-order valence-corrected chi connectivity index (χ2v) is 8.59. The van der Waals surface area contributed by atoms with Crippen LogP contribution in [0.4, 0.5) is 0 Å². The number of aromatic nitrogens is 2. The van der Waals surface area contributed by atoms with E-state index in [2.05, 4.69) is 23.8 Å². The maximum absolute atomic E-state index is 12.6. The van der Waals surface area contributed by atoms with E-state index in [9.17, 15) is 4.79 Å². The molecule has 29 heavy (non-hydrogen) atoms. The van der Waals surface area contributed by atoms with Crippen LogP contribution in [0.2, 0.25) is 5.02 Å². The van der Waals surface area contributed by atoms with Gasteiger partial charge in [0.15, 0.2) is 0 Å². The number of nitrogens with zero attached hydrogens (tertiary/aromatic N) is 4. The SMILES string of the molecule is Cc1nn(Cc2ccccc2Cl)c(C)c1/C=C/C(=O)N1CCN(CC(C)C)CC1.